The van der Waals surface area contributed by atoms with Crippen LogP contribution in [0.15, 0.2) is 24.5 Å². The molecule has 0 aliphatic carbocycles. The second-order valence-electron chi connectivity index (χ2n) is 3.91. The van der Waals surface area contributed by atoms with Crippen molar-refractivity contribution < 1.29 is 0 Å². The summed E-state index contributed by atoms with van der Waals surface area (Å²) in [5.41, 5.74) is 2.04. The molecule has 4 heteroatoms. The Morgan fingerprint density at radius 2 is 2.40 bits per heavy atom. The molecule has 2 aromatic rings. The third kappa shape index (κ3) is 1.43. The Kier molecular flexibility index (Phi) is 2.15. The van der Waals surface area contributed by atoms with Gasteiger partial charge in [0.15, 0.2) is 0 Å². The van der Waals surface area contributed by atoms with Crippen LogP contribution in [0.3, 0.4) is 0 Å². The number of fused-ring (bicyclic) bond motifs is 1. The van der Waals surface area contributed by atoms with E-state index < -0.39 is 0 Å². The van der Waals surface area contributed by atoms with Gasteiger partial charge in [0.05, 0.1) is 16.9 Å². The Hall–Kier alpha value is -1.06. The van der Waals surface area contributed by atoms with Gasteiger partial charge in [0.25, 0.3) is 0 Å². The third-order valence-electron chi connectivity index (χ3n) is 2.98. The molecule has 1 aromatic heterocycles. The maximum absolute atomic E-state index is 6.09. The van der Waals surface area contributed by atoms with Crippen molar-refractivity contribution in [3.63, 3.8) is 0 Å². The standard InChI is InChI=1S/C11H12ClN3/c12-9-2-1-3-10-11(9)14-7-15(10)8-4-5-13-6-8/h1-3,7-8,13H,4-6H2. The monoisotopic (exact) mass is 221 g/mol. The second-order valence-corrected chi connectivity index (χ2v) is 4.31. The maximum Gasteiger partial charge on any atom is 0.107 e. The van der Waals surface area contributed by atoms with Crippen molar-refractivity contribution >= 4 is 22.6 Å². The summed E-state index contributed by atoms with van der Waals surface area (Å²) in [5, 5.41) is 4.09. The smallest absolute Gasteiger partial charge is 0.107 e. The summed E-state index contributed by atoms with van der Waals surface area (Å²) in [5.74, 6) is 0. The fourth-order valence-corrected chi connectivity index (χ4v) is 2.41. The molecule has 2 heterocycles. The van der Waals surface area contributed by atoms with Crippen LogP contribution in [0.2, 0.25) is 5.02 Å². The molecule has 0 amide bonds. The number of aromatic nitrogens is 2. The number of hydrogen-bond donors (Lipinski definition) is 1. The zero-order valence-electron chi connectivity index (χ0n) is 8.28. The fraction of sp³-hybridized carbons (Fsp3) is 0.364. The molecule has 3 nitrogen and oxygen atoms in total. The minimum Gasteiger partial charge on any atom is -0.326 e. The lowest BCUT2D eigenvalue weighted by molar-refractivity contribution is 0.561. The van der Waals surface area contributed by atoms with Crippen molar-refractivity contribution in [2.45, 2.75) is 12.5 Å². The van der Waals surface area contributed by atoms with Crippen molar-refractivity contribution in [1.29, 1.82) is 0 Å². The van der Waals surface area contributed by atoms with Gasteiger partial charge in [-0.15, -0.1) is 0 Å². The van der Waals surface area contributed by atoms with Gasteiger partial charge in [0.2, 0.25) is 0 Å². The predicted molar refractivity (Wildman–Crippen MR) is 61.3 cm³/mol. The minimum atomic E-state index is 0.522. The molecular formula is C11H12ClN3. The Balaban J connectivity index is 2.15. The van der Waals surface area contributed by atoms with Crippen molar-refractivity contribution in [1.82, 2.24) is 14.9 Å². The van der Waals surface area contributed by atoms with E-state index in [9.17, 15) is 0 Å². The summed E-state index contributed by atoms with van der Waals surface area (Å²) in [6, 6.07) is 6.46. The summed E-state index contributed by atoms with van der Waals surface area (Å²) in [7, 11) is 0. The average molecular weight is 222 g/mol. The van der Waals surface area contributed by atoms with Gasteiger partial charge in [-0.1, -0.05) is 17.7 Å². The van der Waals surface area contributed by atoms with Gasteiger partial charge in [-0.25, -0.2) is 4.98 Å². The molecule has 0 bridgehead atoms. The molecule has 1 N–H and O–H groups in total. The zero-order chi connectivity index (χ0) is 10.3. The van der Waals surface area contributed by atoms with E-state index in [4.69, 9.17) is 11.6 Å². The number of hydrogen-bond acceptors (Lipinski definition) is 2. The van der Waals surface area contributed by atoms with Gasteiger partial charge in [0, 0.05) is 12.6 Å². The molecule has 1 aromatic carbocycles. The van der Waals surface area contributed by atoms with Crippen LogP contribution in [0, 0.1) is 0 Å². The van der Waals surface area contributed by atoms with Gasteiger partial charge in [0.1, 0.15) is 5.52 Å². The lowest BCUT2D eigenvalue weighted by Crippen LogP contribution is -2.12. The number of nitrogens with zero attached hydrogens (tertiary/aromatic N) is 2. The SMILES string of the molecule is Clc1cccc2c1ncn2C1CCNC1. The summed E-state index contributed by atoms with van der Waals surface area (Å²) in [6.45, 7) is 2.11. The first-order valence-electron chi connectivity index (χ1n) is 5.18. The number of para-hydroxylation sites is 1. The normalized spacial score (nSPS) is 21.3. The van der Waals surface area contributed by atoms with E-state index in [1.54, 1.807) is 0 Å². The first-order chi connectivity index (χ1) is 7.36. The molecule has 1 aliphatic heterocycles. The molecule has 1 unspecified atom stereocenters. The van der Waals surface area contributed by atoms with Crippen LogP contribution in [0.25, 0.3) is 11.0 Å². The highest BCUT2D eigenvalue weighted by molar-refractivity contribution is 6.34. The number of halogens is 1. The highest BCUT2D eigenvalue weighted by atomic mass is 35.5. The topological polar surface area (TPSA) is 29.9 Å². The van der Waals surface area contributed by atoms with E-state index in [0.717, 1.165) is 35.6 Å². The number of rotatable bonds is 1. The summed E-state index contributed by atoms with van der Waals surface area (Å²) < 4.78 is 2.22. The Bertz CT molecular complexity index is 486. The summed E-state index contributed by atoms with van der Waals surface area (Å²) >= 11 is 6.09. The van der Waals surface area contributed by atoms with E-state index in [-0.39, 0.29) is 0 Å². The van der Waals surface area contributed by atoms with Crippen molar-refractivity contribution in [3.05, 3.63) is 29.5 Å². The third-order valence-corrected chi connectivity index (χ3v) is 3.29. The van der Waals surface area contributed by atoms with Crippen molar-refractivity contribution in [2.75, 3.05) is 13.1 Å². The lowest BCUT2D eigenvalue weighted by atomic mass is 10.2. The lowest BCUT2D eigenvalue weighted by Gasteiger charge is -2.11. The summed E-state index contributed by atoms with van der Waals surface area (Å²) in [4.78, 5) is 4.37. The minimum absolute atomic E-state index is 0.522. The molecule has 0 spiro atoms. The van der Waals surface area contributed by atoms with Crippen LogP contribution in [0.5, 0.6) is 0 Å². The summed E-state index contributed by atoms with van der Waals surface area (Å²) in [6.07, 6.45) is 3.06. The molecule has 1 saturated heterocycles. The average Bonchev–Trinajstić information content (AvgIpc) is 2.85. The molecule has 0 radical (unpaired) electrons. The van der Waals surface area contributed by atoms with Crippen LogP contribution in [0.4, 0.5) is 0 Å². The van der Waals surface area contributed by atoms with E-state index in [1.165, 1.54) is 0 Å². The molecular weight excluding hydrogens is 210 g/mol. The maximum atomic E-state index is 6.09. The second kappa shape index (κ2) is 3.51. The molecule has 1 atom stereocenters. The van der Waals surface area contributed by atoms with Gasteiger partial charge >= 0.3 is 0 Å². The van der Waals surface area contributed by atoms with Crippen LogP contribution in [0.1, 0.15) is 12.5 Å². The van der Waals surface area contributed by atoms with Crippen LogP contribution in [-0.4, -0.2) is 22.6 Å². The zero-order valence-corrected chi connectivity index (χ0v) is 9.04. The molecule has 1 aliphatic rings. The molecule has 15 heavy (non-hydrogen) atoms. The van der Waals surface area contributed by atoms with Gasteiger partial charge < -0.3 is 9.88 Å². The number of imidazole rings is 1. The quantitative estimate of drug-likeness (QED) is 0.801. The Morgan fingerprint density at radius 3 is 3.20 bits per heavy atom. The molecule has 0 saturated carbocycles. The first kappa shape index (κ1) is 9.19. The van der Waals surface area contributed by atoms with E-state index in [2.05, 4.69) is 20.9 Å². The highest BCUT2D eigenvalue weighted by Crippen LogP contribution is 2.26. The van der Waals surface area contributed by atoms with Crippen LogP contribution >= 0.6 is 11.6 Å². The number of benzene rings is 1. The van der Waals surface area contributed by atoms with E-state index in [1.807, 2.05) is 18.5 Å². The van der Waals surface area contributed by atoms with E-state index >= 15 is 0 Å². The van der Waals surface area contributed by atoms with Crippen LogP contribution in [-0.2, 0) is 0 Å². The fourth-order valence-electron chi connectivity index (χ4n) is 2.19. The molecule has 1 fully saturated rings. The van der Waals surface area contributed by atoms with Crippen molar-refractivity contribution in [2.24, 2.45) is 0 Å². The highest BCUT2D eigenvalue weighted by Gasteiger charge is 2.18. The van der Waals surface area contributed by atoms with Crippen LogP contribution < -0.4 is 5.32 Å². The van der Waals surface area contributed by atoms with E-state index in [0.29, 0.717) is 6.04 Å². The van der Waals surface area contributed by atoms with Gasteiger partial charge in [-0.05, 0) is 25.1 Å². The predicted octanol–water partition coefficient (Wildman–Crippen LogP) is 2.22. The Labute approximate surface area is 93.1 Å². The Morgan fingerprint density at radius 1 is 1.47 bits per heavy atom. The molecule has 78 valence electrons. The van der Waals surface area contributed by atoms with Gasteiger partial charge in [-0.2, -0.15) is 0 Å². The first-order valence-corrected chi connectivity index (χ1v) is 5.56. The van der Waals surface area contributed by atoms with Crippen molar-refractivity contribution in [3.8, 4) is 0 Å². The number of nitrogens with one attached hydrogen (secondary N) is 1. The largest absolute Gasteiger partial charge is 0.326 e. The van der Waals surface area contributed by atoms with Gasteiger partial charge in [-0.3, -0.25) is 0 Å². The molecule has 3 rings (SSSR count).